The van der Waals surface area contributed by atoms with E-state index >= 15 is 0 Å². The van der Waals surface area contributed by atoms with Gasteiger partial charge in [-0.25, -0.2) is 0 Å². The molecule has 2 aromatic rings. The van der Waals surface area contributed by atoms with Crippen LogP contribution in [0.15, 0.2) is 54.6 Å². The molecule has 0 bridgehead atoms. The molecule has 0 saturated carbocycles. The molecule has 2 aromatic carbocycles. The molecule has 5 nitrogen and oxygen atoms in total. The van der Waals surface area contributed by atoms with Crippen molar-refractivity contribution >= 4 is 11.8 Å². The van der Waals surface area contributed by atoms with Crippen LogP contribution in [0.25, 0.3) is 0 Å². The number of carbonyl (C=O) groups excluding carboxylic acids is 2. The van der Waals surface area contributed by atoms with E-state index in [-0.39, 0.29) is 17.9 Å². The molecule has 27 heavy (non-hydrogen) atoms. The van der Waals surface area contributed by atoms with Crippen molar-refractivity contribution in [2.24, 2.45) is 0 Å². The van der Waals surface area contributed by atoms with Gasteiger partial charge in [-0.3, -0.25) is 9.59 Å². The number of rotatable bonds is 7. The maximum absolute atomic E-state index is 12.7. The highest BCUT2D eigenvalue weighted by molar-refractivity contribution is 5.94. The Morgan fingerprint density at radius 2 is 1.81 bits per heavy atom. The molecule has 0 aliphatic carbocycles. The smallest absolute Gasteiger partial charge is 0.251 e. The van der Waals surface area contributed by atoms with Crippen molar-refractivity contribution in [2.75, 3.05) is 27.2 Å². The molecule has 5 heteroatoms. The summed E-state index contributed by atoms with van der Waals surface area (Å²) in [5.74, 6) is 0.126. The fraction of sp³-hybridized carbons (Fsp3) is 0.364. The van der Waals surface area contributed by atoms with E-state index in [2.05, 4.69) is 10.2 Å². The molecule has 1 fully saturated rings. The molecule has 1 aliphatic heterocycles. The molecule has 0 radical (unpaired) electrons. The van der Waals surface area contributed by atoms with E-state index in [1.165, 1.54) is 0 Å². The van der Waals surface area contributed by atoms with Crippen molar-refractivity contribution in [3.63, 3.8) is 0 Å². The summed E-state index contributed by atoms with van der Waals surface area (Å²) in [7, 11) is 3.99. The summed E-state index contributed by atoms with van der Waals surface area (Å²) >= 11 is 0. The lowest BCUT2D eigenvalue weighted by molar-refractivity contribution is -0.128. The van der Waals surface area contributed by atoms with Crippen LogP contribution >= 0.6 is 0 Å². The second kappa shape index (κ2) is 8.82. The molecule has 0 aromatic heterocycles. The lowest BCUT2D eigenvalue weighted by atomic mass is 10.1. The van der Waals surface area contributed by atoms with E-state index in [1.807, 2.05) is 73.6 Å². The Bertz CT molecular complexity index is 772. The number of carbonyl (C=O) groups is 2. The number of nitrogens with zero attached hydrogens (tertiary/aromatic N) is 2. The molecule has 3 rings (SSSR count). The van der Waals surface area contributed by atoms with Gasteiger partial charge in [0.2, 0.25) is 5.91 Å². The fourth-order valence-corrected chi connectivity index (χ4v) is 3.38. The van der Waals surface area contributed by atoms with Gasteiger partial charge in [0.1, 0.15) is 0 Å². The Labute approximate surface area is 161 Å². The zero-order chi connectivity index (χ0) is 19.2. The first-order valence-electron chi connectivity index (χ1n) is 9.40. The van der Waals surface area contributed by atoms with Crippen LogP contribution in [0.2, 0.25) is 0 Å². The van der Waals surface area contributed by atoms with Gasteiger partial charge in [0.05, 0.1) is 6.04 Å². The maximum atomic E-state index is 12.7. The third kappa shape index (κ3) is 5.17. The maximum Gasteiger partial charge on any atom is 0.251 e. The zero-order valence-corrected chi connectivity index (χ0v) is 16.0. The summed E-state index contributed by atoms with van der Waals surface area (Å²) in [6.45, 7) is 2.17. The van der Waals surface area contributed by atoms with Crippen LogP contribution in [0, 0.1) is 0 Å². The third-order valence-electron chi connectivity index (χ3n) is 4.82. The van der Waals surface area contributed by atoms with Crippen LogP contribution in [-0.4, -0.2) is 48.8 Å². The molecule has 1 saturated heterocycles. The molecule has 1 aliphatic rings. The van der Waals surface area contributed by atoms with E-state index < -0.39 is 0 Å². The number of likely N-dealkylation sites (N-methyl/N-ethyl adjacent to an activating group) is 1. The number of likely N-dealkylation sites (tertiary alicyclic amines) is 1. The Kier molecular flexibility index (Phi) is 6.24. The summed E-state index contributed by atoms with van der Waals surface area (Å²) < 4.78 is 0. The molecule has 1 N–H and O–H groups in total. The number of amides is 2. The Morgan fingerprint density at radius 1 is 1.11 bits per heavy atom. The summed E-state index contributed by atoms with van der Waals surface area (Å²) in [6.07, 6.45) is 1.58. The lowest BCUT2D eigenvalue weighted by Crippen LogP contribution is -2.35. The predicted octanol–water partition coefficient (Wildman–Crippen LogP) is 2.84. The summed E-state index contributed by atoms with van der Waals surface area (Å²) in [5, 5.41) is 3.14. The lowest BCUT2D eigenvalue weighted by Gasteiger charge is -2.23. The minimum Gasteiger partial charge on any atom is -0.344 e. The highest BCUT2D eigenvalue weighted by Gasteiger charge is 2.20. The highest BCUT2D eigenvalue weighted by atomic mass is 16.2. The van der Waals surface area contributed by atoms with Crippen molar-refractivity contribution in [3.8, 4) is 0 Å². The van der Waals surface area contributed by atoms with Gasteiger partial charge >= 0.3 is 0 Å². The second-order valence-corrected chi connectivity index (χ2v) is 7.31. The van der Waals surface area contributed by atoms with E-state index in [1.54, 1.807) is 0 Å². The second-order valence-electron chi connectivity index (χ2n) is 7.31. The average molecular weight is 365 g/mol. The Morgan fingerprint density at radius 3 is 2.41 bits per heavy atom. The molecule has 0 unspecified atom stereocenters. The van der Waals surface area contributed by atoms with Crippen molar-refractivity contribution in [3.05, 3.63) is 71.3 Å². The van der Waals surface area contributed by atoms with Crippen molar-refractivity contribution in [2.45, 2.75) is 25.4 Å². The van der Waals surface area contributed by atoms with Gasteiger partial charge in [0.25, 0.3) is 5.91 Å². The third-order valence-corrected chi connectivity index (χ3v) is 4.82. The average Bonchev–Trinajstić information content (AvgIpc) is 3.07. The summed E-state index contributed by atoms with van der Waals surface area (Å²) in [5.41, 5.74) is 2.77. The number of benzene rings is 2. The predicted molar refractivity (Wildman–Crippen MR) is 106 cm³/mol. The molecule has 1 heterocycles. The highest BCUT2D eigenvalue weighted by Crippen LogP contribution is 2.17. The Balaban J connectivity index is 1.66. The van der Waals surface area contributed by atoms with Crippen LogP contribution < -0.4 is 5.32 Å². The van der Waals surface area contributed by atoms with Crippen molar-refractivity contribution in [1.82, 2.24) is 15.1 Å². The van der Waals surface area contributed by atoms with E-state index in [9.17, 15) is 9.59 Å². The van der Waals surface area contributed by atoms with E-state index in [0.717, 1.165) is 30.6 Å². The topological polar surface area (TPSA) is 52.7 Å². The standard InChI is InChI=1S/C22H27N3O2/c1-24(2)16-20(18-7-4-3-5-8-18)23-22(27)19-12-10-17(11-13-19)15-25-14-6-9-21(25)26/h3-5,7-8,10-13,20H,6,9,14-16H2,1-2H3,(H,23,27)/t20-/m0/s1. The minimum atomic E-state index is -0.0884. The van der Waals surface area contributed by atoms with Gasteiger partial charge < -0.3 is 15.1 Å². The quantitative estimate of drug-likeness (QED) is 0.821. The van der Waals surface area contributed by atoms with Crippen LogP contribution in [0.4, 0.5) is 0 Å². The van der Waals surface area contributed by atoms with Crippen LogP contribution in [0.5, 0.6) is 0 Å². The number of nitrogens with one attached hydrogen (secondary N) is 1. The summed E-state index contributed by atoms with van der Waals surface area (Å²) in [6, 6.07) is 17.5. The Hall–Kier alpha value is -2.66. The van der Waals surface area contributed by atoms with Gasteiger partial charge in [0.15, 0.2) is 0 Å². The zero-order valence-electron chi connectivity index (χ0n) is 16.0. The SMILES string of the molecule is CN(C)C[C@H](NC(=O)c1ccc(CN2CCCC2=O)cc1)c1ccccc1. The van der Waals surface area contributed by atoms with E-state index in [0.29, 0.717) is 18.5 Å². The van der Waals surface area contributed by atoms with Crippen molar-refractivity contribution < 1.29 is 9.59 Å². The van der Waals surface area contributed by atoms with Gasteiger partial charge in [0, 0.05) is 31.6 Å². The molecular weight excluding hydrogens is 338 g/mol. The molecule has 2 amide bonds. The number of hydrogen-bond donors (Lipinski definition) is 1. The number of hydrogen-bond acceptors (Lipinski definition) is 3. The van der Waals surface area contributed by atoms with Crippen LogP contribution in [0.1, 0.15) is 40.4 Å². The molecular formula is C22H27N3O2. The van der Waals surface area contributed by atoms with Gasteiger partial charge in [-0.05, 0) is 43.8 Å². The fourth-order valence-electron chi connectivity index (χ4n) is 3.38. The normalized spacial score (nSPS) is 15.2. The van der Waals surface area contributed by atoms with Crippen LogP contribution in [-0.2, 0) is 11.3 Å². The van der Waals surface area contributed by atoms with Gasteiger partial charge in [-0.2, -0.15) is 0 Å². The first-order valence-corrected chi connectivity index (χ1v) is 9.40. The van der Waals surface area contributed by atoms with E-state index in [4.69, 9.17) is 0 Å². The van der Waals surface area contributed by atoms with Gasteiger partial charge in [-0.1, -0.05) is 42.5 Å². The van der Waals surface area contributed by atoms with Crippen molar-refractivity contribution in [1.29, 1.82) is 0 Å². The summed E-state index contributed by atoms with van der Waals surface area (Å²) in [4.78, 5) is 28.4. The van der Waals surface area contributed by atoms with Gasteiger partial charge in [-0.15, -0.1) is 0 Å². The largest absolute Gasteiger partial charge is 0.344 e. The first kappa shape index (κ1) is 19.1. The first-order chi connectivity index (χ1) is 13.0. The van der Waals surface area contributed by atoms with Crippen LogP contribution in [0.3, 0.4) is 0 Å². The molecule has 1 atom stereocenters. The molecule has 142 valence electrons. The molecule has 0 spiro atoms. The monoisotopic (exact) mass is 365 g/mol. The minimum absolute atomic E-state index is 0.0735.